The van der Waals surface area contributed by atoms with Gasteiger partial charge in [0.1, 0.15) is 0 Å². The Morgan fingerprint density at radius 3 is 2.44 bits per heavy atom. The summed E-state index contributed by atoms with van der Waals surface area (Å²) in [5, 5.41) is 3.27. The zero-order valence-electron chi connectivity index (χ0n) is 18.9. The molecule has 2 aliphatic heterocycles. The number of amides is 1. The molecule has 0 radical (unpaired) electrons. The first kappa shape index (κ1) is 23.4. The van der Waals surface area contributed by atoms with Gasteiger partial charge in [-0.2, -0.15) is 4.31 Å². The molecule has 32 heavy (non-hydrogen) atoms. The first-order valence-corrected chi connectivity index (χ1v) is 13.8. The van der Waals surface area contributed by atoms with Gasteiger partial charge < -0.3 is 4.90 Å². The minimum atomic E-state index is -3.57. The molecule has 9 heteroatoms. The van der Waals surface area contributed by atoms with Crippen molar-refractivity contribution >= 4 is 27.3 Å². The molecule has 2 fully saturated rings. The molecule has 0 unspecified atom stereocenters. The van der Waals surface area contributed by atoms with Crippen LogP contribution in [0.5, 0.6) is 0 Å². The van der Waals surface area contributed by atoms with E-state index in [-0.39, 0.29) is 10.8 Å². The minimum Gasteiger partial charge on any atom is -0.336 e. The summed E-state index contributed by atoms with van der Waals surface area (Å²) < 4.78 is 27.9. The van der Waals surface area contributed by atoms with Crippen LogP contribution in [0.2, 0.25) is 0 Å². The Kier molecular flexibility index (Phi) is 7.29. The smallest absolute Gasteiger partial charge is 0.253 e. The van der Waals surface area contributed by atoms with Crippen LogP contribution in [0.25, 0.3) is 0 Å². The van der Waals surface area contributed by atoms with Gasteiger partial charge in [0, 0.05) is 56.8 Å². The summed E-state index contributed by atoms with van der Waals surface area (Å²) in [6.45, 7) is 8.67. The standard InChI is InChI=1S/C23H32N4O3S2/c1-3-22-24-20(17-31-22)16-25-11-13-26(14-12-25)23(28)19-8-7-18(2)21(15-19)32(29,30)27-9-5-4-6-10-27/h7-8,15,17H,3-6,9-14,16H2,1-2H3. The van der Waals surface area contributed by atoms with Crippen molar-refractivity contribution in [2.75, 3.05) is 39.3 Å². The molecule has 0 N–H and O–H groups in total. The van der Waals surface area contributed by atoms with Gasteiger partial charge >= 0.3 is 0 Å². The second-order valence-corrected chi connectivity index (χ2v) is 11.4. The third kappa shape index (κ3) is 5.06. The van der Waals surface area contributed by atoms with E-state index in [9.17, 15) is 13.2 Å². The molecule has 0 saturated carbocycles. The van der Waals surface area contributed by atoms with Crippen LogP contribution in [-0.2, 0) is 23.0 Å². The molecule has 0 spiro atoms. The van der Waals surface area contributed by atoms with Crippen molar-refractivity contribution in [2.24, 2.45) is 0 Å². The van der Waals surface area contributed by atoms with Crippen LogP contribution < -0.4 is 0 Å². The van der Waals surface area contributed by atoms with Gasteiger partial charge in [-0.05, 0) is 43.9 Å². The maximum absolute atomic E-state index is 13.2. The van der Waals surface area contributed by atoms with Gasteiger partial charge in [0.2, 0.25) is 10.0 Å². The number of rotatable bonds is 6. The van der Waals surface area contributed by atoms with Gasteiger partial charge in [-0.1, -0.05) is 19.4 Å². The largest absolute Gasteiger partial charge is 0.336 e. The zero-order valence-corrected chi connectivity index (χ0v) is 20.6. The second kappa shape index (κ2) is 9.99. The lowest BCUT2D eigenvalue weighted by atomic mass is 10.1. The van der Waals surface area contributed by atoms with E-state index in [1.165, 1.54) is 0 Å². The van der Waals surface area contributed by atoms with Crippen LogP contribution in [0.1, 0.15) is 52.8 Å². The predicted octanol–water partition coefficient (Wildman–Crippen LogP) is 3.15. The number of aryl methyl sites for hydroxylation is 2. The number of aromatic nitrogens is 1. The van der Waals surface area contributed by atoms with E-state index in [0.29, 0.717) is 37.3 Å². The SMILES string of the molecule is CCc1nc(CN2CCN(C(=O)c3ccc(C)c(S(=O)(=O)N4CCCCC4)c3)CC2)cs1. The Bertz CT molecular complexity index is 1050. The van der Waals surface area contributed by atoms with E-state index >= 15 is 0 Å². The normalized spacial score (nSPS) is 18.8. The van der Waals surface area contributed by atoms with Crippen molar-refractivity contribution in [1.29, 1.82) is 0 Å². The van der Waals surface area contributed by atoms with Crippen LogP contribution in [0.15, 0.2) is 28.5 Å². The lowest BCUT2D eigenvalue weighted by Crippen LogP contribution is -2.48. The average molecular weight is 477 g/mol. The molecule has 1 aromatic carbocycles. The molecule has 2 aliphatic rings. The molecule has 2 saturated heterocycles. The van der Waals surface area contributed by atoms with Gasteiger partial charge in [-0.3, -0.25) is 9.69 Å². The van der Waals surface area contributed by atoms with Gasteiger partial charge in [0.25, 0.3) is 5.91 Å². The number of sulfonamides is 1. The third-order valence-corrected chi connectivity index (χ3v) is 9.40. The van der Waals surface area contributed by atoms with Crippen molar-refractivity contribution < 1.29 is 13.2 Å². The number of hydrogen-bond donors (Lipinski definition) is 0. The van der Waals surface area contributed by atoms with Gasteiger partial charge in [0.05, 0.1) is 15.6 Å². The maximum Gasteiger partial charge on any atom is 0.253 e. The quantitative estimate of drug-likeness (QED) is 0.640. The Labute approximate surface area is 195 Å². The summed E-state index contributed by atoms with van der Waals surface area (Å²) in [7, 11) is -3.57. The Balaban J connectivity index is 1.42. The zero-order chi connectivity index (χ0) is 22.7. The molecule has 0 aliphatic carbocycles. The van der Waals surface area contributed by atoms with E-state index in [4.69, 9.17) is 0 Å². The fourth-order valence-corrected chi connectivity index (χ4v) is 6.86. The van der Waals surface area contributed by atoms with E-state index in [0.717, 1.165) is 56.0 Å². The molecule has 1 amide bonds. The topological polar surface area (TPSA) is 73.8 Å². The fourth-order valence-electron chi connectivity index (χ4n) is 4.36. The summed E-state index contributed by atoms with van der Waals surface area (Å²) >= 11 is 1.70. The summed E-state index contributed by atoms with van der Waals surface area (Å²) in [4.78, 5) is 22.2. The van der Waals surface area contributed by atoms with Crippen LogP contribution in [0.3, 0.4) is 0 Å². The van der Waals surface area contributed by atoms with Gasteiger partial charge in [-0.25, -0.2) is 13.4 Å². The van der Waals surface area contributed by atoms with Crippen molar-refractivity contribution in [3.8, 4) is 0 Å². The molecule has 4 rings (SSSR count). The van der Waals surface area contributed by atoms with Crippen molar-refractivity contribution in [1.82, 2.24) is 19.1 Å². The molecule has 174 valence electrons. The summed E-state index contributed by atoms with van der Waals surface area (Å²) in [6.07, 6.45) is 3.81. The van der Waals surface area contributed by atoms with Gasteiger partial charge in [-0.15, -0.1) is 11.3 Å². The van der Waals surface area contributed by atoms with Crippen LogP contribution in [-0.4, -0.2) is 72.7 Å². The molecular formula is C23H32N4O3S2. The second-order valence-electron chi connectivity index (χ2n) is 8.60. The number of carbonyl (C=O) groups excluding carboxylic acids is 1. The molecular weight excluding hydrogens is 444 g/mol. The Hall–Kier alpha value is -1.81. The van der Waals surface area contributed by atoms with Crippen molar-refractivity contribution in [3.05, 3.63) is 45.4 Å². The highest BCUT2D eigenvalue weighted by Gasteiger charge is 2.29. The molecule has 7 nitrogen and oxygen atoms in total. The first-order valence-electron chi connectivity index (χ1n) is 11.4. The summed E-state index contributed by atoms with van der Waals surface area (Å²) in [5.74, 6) is -0.0957. The number of hydrogen-bond acceptors (Lipinski definition) is 6. The van der Waals surface area contributed by atoms with Crippen molar-refractivity contribution in [2.45, 2.75) is 51.0 Å². The predicted molar refractivity (Wildman–Crippen MR) is 126 cm³/mol. The summed E-state index contributed by atoms with van der Waals surface area (Å²) in [5.41, 5.74) is 2.23. The number of piperidine rings is 1. The van der Waals surface area contributed by atoms with E-state index in [1.54, 1.807) is 40.8 Å². The number of thiazole rings is 1. The third-order valence-electron chi connectivity index (χ3n) is 6.31. The van der Waals surface area contributed by atoms with Gasteiger partial charge in [0.15, 0.2) is 0 Å². The molecule has 0 atom stereocenters. The van der Waals surface area contributed by atoms with E-state index < -0.39 is 10.0 Å². The minimum absolute atomic E-state index is 0.0957. The van der Waals surface area contributed by atoms with Crippen molar-refractivity contribution in [3.63, 3.8) is 0 Å². The molecule has 3 heterocycles. The lowest BCUT2D eigenvalue weighted by molar-refractivity contribution is 0.0627. The first-order chi connectivity index (χ1) is 15.4. The Morgan fingerprint density at radius 2 is 1.78 bits per heavy atom. The summed E-state index contributed by atoms with van der Waals surface area (Å²) in [6, 6.07) is 5.09. The molecule has 2 aromatic rings. The maximum atomic E-state index is 13.2. The highest BCUT2D eigenvalue weighted by Crippen LogP contribution is 2.25. The highest BCUT2D eigenvalue weighted by molar-refractivity contribution is 7.89. The van der Waals surface area contributed by atoms with Crippen LogP contribution >= 0.6 is 11.3 Å². The Morgan fingerprint density at radius 1 is 1.06 bits per heavy atom. The molecule has 0 bridgehead atoms. The fraction of sp³-hybridized carbons (Fsp3) is 0.565. The monoisotopic (exact) mass is 476 g/mol. The van der Waals surface area contributed by atoms with E-state index in [2.05, 4.69) is 22.2 Å². The number of piperazine rings is 1. The number of benzene rings is 1. The number of carbonyl (C=O) groups is 1. The highest BCUT2D eigenvalue weighted by atomic mass is 32.2. The lowest BCUT2D eigenvalue weighted by Gasteiger charge is -2.34. The van der Waals surface area contributed by atoms with E-state index in [1.807, 2.05) is 4.90 Å². The number of nitrogens with zero attached hydrogens (tertiary/aromatic N) is 4. The van der Waals surface area contributed by atoms with Crippen LogP contribution in [0, 0.1) is 6.92 Å². The average Bonchev–Trinajstić information content (AvgIpc) is 3.27. The molecule has 1 aromatic heterocycles. The van der Waals surface area contributed by atoms with Crippen LogP contribution in [0.4, 0.5) is 0 Å².